The van der Waals surface area contributed by atoms with Gasteiger partial charge in [-0.2, -0.15) is 0 Å². The van der Waals surface area contributed by atoms with Crippen LogP contribution in [-0.2, 0) is 0 Å². The van der Waals surface area contributed by atoms with E-state index in [1.807, 2.05) is 42.2 Å². The molecule has 0 saturated carbocycles. The average molecular weight is 391 g/mol. The number of hydrogen-bond donors (Lipinski definition) is 1. The molecule has 1 aromatic heterocycles. The molecule has 6 nitrogen and oxygen atoms in total. The van der Waals surface area contributed by atoms with Gasteiger partial charge < -0.3 is 15.1 Å². The number of carbonyl (C=O) groups excluding carboxylic acids is 1. The molecular weight excluding hydrogens is 369 g/mol. The third-order valence-electron chi connectivity index (χ3n) is 5.06. The first-order chi connectivity index (χ1) is 14.1. The largest absolute Gasteiger partial charge is 0.366 e. The van der Waals surface area contributed by atoms with E-state index in [9.17, 15) is 9.18 Å². The predicted molar refractivity (Wildman–Crippen MR) is 112 cm³/mol. The van der Waals surface area contributed by atoms with Crippen LogP contribution in [0.2, 0.25) is 0 Å². The van der Waals surface area contributed by atoms with Crippen molar-refractivity contribution in [3.8, 4) is 0 Å². The Morgan fingerprint density at radius 1 is 0.931 bits per heavy atom. The molecule has 0 radical (unpaired) electrons. The zero-order valence-corrected chi connectivity index (χ0v) is 16.2. The molecule has 0 unspecified atom stereocenters. The van der Waals surface area contributed by atoms with Gasteiger partial charge in [0, 0.05) is 31.9 Å². The van der Waals surface area contributed by atoms with Crippen molar-refractivity contribution < 1.29 is 9.18 Å². The maximum Gasteiger partial charge on any atom is 0.275 e. The number of aryl methyl sites for hydroxylation is 1. The van der Waals surface area contributed by atoms with Crippen molar-refractivity contribution in [1.82, 2.24) is 9.97 Å². The van der Waals surface area contributed by atoms with Gasteiger partial charge >= 0.3 is 0 Å². The molecule has 1 amide bonds. The van der Waals surface area contributed by atoms with Gasteiger partial charge in [0.05, 0.1) is 18.1 Å². The molecule has 1 aliphatic rings. The van der Waals surface area contributed by atoms with E-state index in [4.69, 9.17) is 0 Å². The summed E-state index contributed by atoms with van der Waals surface area (Å²) in [6, 6.07) is 14.4. The SMILES string of the molecule is Cc1ccccc1NC(=O)c1cnc(N2CCN(c3ccccc3F)CC2)cn1. The number of aromatic nitrogens is 2. The number of halogens is 1. The zero-order chi connectivity index (χ0) is 20.2. The number of hydrogen-bond acceptors (Lipinski definition) is 5. The number of nitrogens with zero attached hydrogens (tertiary/aromatic N) is 4. The van der Waals surface area contributed by atoms with Crippen molar-refractivity contribution in [1.29, 1.82) is 0 Å². The second-order valence-corrected chi connectivity index (χ2v) is 6.95. The van der Waals surface area contributed by atoms with Crippen LogP contribution in [0.5, 0.6) is 0 Å². The molecule has 1 aliphatic heterocycles. The number of benzene rings is 2. The van der Waals surface area contributed by atoms with Crippen LogP contribution in [0.3, 0.4) is 0 Å². The molecule has 7 heteroatoms. The van der Waals surface area contributed by atoms with E-state index in [-0.39, 0.29) is 17.4 Å². The molecule has 2 heterocycles. The Hall–Kier alpha value is -3.48. The Morgan fingerprint density at radius 3 is 2.31 bits per heavy atom. The van der Waals surface area contributed by atoms with Crippen molar-refractivity contribution in [2.75, 3.05) is 41.3 Å². The fourth-order valence-corrected chi connectivity index (χ4v) is 3.39. The lowest BCUT2D eigenvalue weighted by Crippen LogP contribution is -2.47. The standard InChI is InChI=1S/C22H22FN5O/c1-16-6-2-4-8-18(16)26-22(29)19-14-25-21(15-24-19)28-12-10-27(11-13-28)20-9-5-3-7-17(20)23/h2-9,14-15H,10-13H2,1H3,(H,26,29). The van der Waals surface area contributed by atoms with Gasteiger partial charge in [-0.3, -0.25) is 4.79 Å². The van der Waals surface area contributed by atoms with Gasteiger partial charge in [0.25, 0.3) is 5.91 Å². The van der Waals surface area contributed by atoms with Crippen molar-refractivity contribution in [3.63, 3.8) is 0 Å². The van der Waals surface area contributed by atoms with E-state index in [1.54, 1.807) is 18.3 Å². The molecule has 29 heavy (non-hydrogen) atoms. The van der Waals surface area contributed by atoms with Gasteiger partial charge in [-0.15, -0.1) is 0 Å². The lowest BCUT2D eigenvalue weighted by Gasteiger charge is -2.36. The van der Waals surface area contributed by atoms with Gasteiger partial charge in [-0.05, 0) is 30.7 Å². The molecule has 1 N–H and O–H groups in total. The van der Waals surface area contributed by atoms with Crippen molar-refractivity contribution >= 4 is 23.1 Å². The summed E-state index contributed by atoms with van der Waals surface area (Å²) in [7, 11) is 0. The summed E-state index contributed by atoms with van der Waals surface area (Å²) < 4.78 is 14.0. The number of nitrogens with one attached hydrogen (secondary N) is 1. The minimum Gasteiger partial charge on any atom is -0.366 e. The van der Waals surface area contributed by atoms with Gasteiger partial charge in [-0.1, -0.05) is 30.3 Å². The minimum absolute atomic E-state index is 0.204. The minimum atomic E-state index is -0.289. The molecule has 1 fully saturated rings. The van der Waals surface area contributed by atoms with E-state index >= 15 is 0 Å². The van der Waals surface area contributed by atoms with Crippen LogP contribution in [0, 0.1) is 12.7 Å². The van der Waals surface area contributed by atoms with Crippen LogP contribution in [0.25, 0.3) is 0 Å². The Balaban J connectivity index is 1.38. The van der Waals surface area contributed by atoms with E-state index in [1.165, 1.54) is 12.3 Å². The molecule has 0 bridgehead atoms. The van der Waals surface area contributed by atoms with Gasteiger partial charge in [0.15, 0.2) is 0 Å². The lowest BCUT2D eigenvalue weighted by molar-refractivity contribution is 0.102. The zero-order valence-electron chi connectivity index (χ0n) is 16.2. The highest BCUT2D eigenvalue weighted by Crippen LogP contribution is 2.22. The maximum atomic E-state index is 14.0. The summed E-state index contributed by atoms with van der Waals surface area (Å²) in [5, 5.41) is 2.86. The highest BCUT2D eigenvalue weighted by molar-refractivity contribution is 6.03. The highest BCUT2D eigenvalue weighted by Gasteiger charge is 2.21. The van der Waals surface area contributed by atoms with Gasteiger partial charge in [0.1, 0.15) is 17.3 Å². The highest BCUT2D eigenvalue weighted by atomic mass is 19.1. The molecule has 2 aromatic carbocycles. The summed E-state index contributed by atoms with van der Waals surface area (Å²) in [4.78, 5) is 25.2. The first-order valence-corrected chi connectivity index (χ1v) is 9.55. The fourth-order valence-electron chi connectivity index (χ4n) is 3.39. The van der Waals surface area contributed by atoms with Crippen LogP contribution in [0.15, 0.2) is 60.9 Å². The smallest absolute Gasteiger partial charge is 0.275 e. The van der Waals surface area contributed by atoms with E-state index in [0.29, 0.717) is 37.7 Å². The Kier molecular flexibility index (Phi) is 5.37. The number of amides is 1. The molecule has 0 aliphatic carbocycles. The van der Waals surface area contributed by atoms with E-state index in [2.05, 4.69) is 20.2 Å². The Labute approximate surface area is 169 Å². The van der Waals surface area contributed by atoms with Crippen LogP contribution in [-0.4, -0.2) is 42.1 Å². The second-order valence-electron chi connectivity index (χ2n) is 6.95. The predicted octanol–water partition coefficient (Wildman–Crippen LogP) is 3.50. The summed E-state index contributed by atoms with van der Waals surface area (Å²) in [6.45, 7) is 4.73. The van der Waals surface area contributed by atoms with Crippen LogP contribution in [0.1, 0.15) is 16.1 Å². The molecular formula is C22H22FN5O. The van der Waals surface area contributed by atoms with E-state index < -0.39 is 0 Å². The second kappa shape index (κ2) is 8.26. The van der Waals surface area contributed by atoms with Crippen LogP contribution >= 0.6 is 0 Å². The maximum absolute atomic E-state index is 14.0. The molecule has 0 atom stereocenters. The molecule has 4 rings (SSSR count). The van der Waals surface area contributed by atoms with Crippen LogP contribution in [0.4, 0.5) is 21.6 Å². The summed E-state index contributed by atoms with van der Waals surface area (Å²) >= 11 is 0. The number of rotatable bonds is 4. The van der Waals surface area contributed by atoms with E-state index in [0.717, 1.165) is 11.3 Å². The number of anilines is 3. The number of carbonyl (C=O) groups is 1. The molecule has 0 spiro atoms. The summed E-state index contributed by atoms with van der Waals surface area (Å²) in [5.41, 5.74) is 2.63. The number of para-hydroxylation sites is 2. The average Bonchev–Trinajstić information content (AvgIpc) is 2.76. The van der Waals surface area contributed by atoms with Crippen molar-refractivity contribution in [2.24, 2.45) is 0 Å². The quantitative estimate of drug-likeness (QED) is 0.738. The normalized spacial score (nSPS) is 14.0. The summed E-state index contributed by atoms with van der Waals surface area (Å²) in [6.07, 6.45) is 3.11. The molecule has 148 valence electrons. The van der Waals surface area contributed by atoms with Gasteiger partial charge in [-0.25, -0.2) is 14.4 Å². The Bertz CT molecular complexity index is 1000. The van der Waals surface area contributed by atoms with Crippen LogP contribution < -0.4 is 15.1 Å². The monoisotopic (exact) mass is 391 g/mol. The number of piperazine rings is 1. The third-order valence-corrected chi connectivity index (χ3v) is 5.06. The third kappa shape index (κ3) is 4.18. The topological polar surface area (TPSA) is 61.4 Å². The first-order valence-electron chi connectivity index (χ1n) is 9.55. The Morgan fingerprint density at radius 2 is 1.62 bits per heavy atom. The summed E-state index contributed by atoms with van der Waals surface area (Å²) in [5.74, 6) is 0.220. The molecule has 3 aromatic rings. The van der Waals surface area contributed by atoms with Crippen molar-refractivity contribution in [3.05, 3.63) is 78.0 Å². The first kappa shape index (κ1) is 18.9. The van der Waals surface area contributed by atoms with Crippen molar-refractivity contribution in [2.45, 2.75) is 6.92 Å². The lowest BCUT2D eigenvalue weighted by atomic mass is 10.2. The van der Waals surface area contributed by atoms with Gasteiger partial charge in [0.2, 0.25) is 0 Å². The fraction of sp³-hybridized carbons (Fsp3) is 0.227. The molecule has 1 saturated heterocycles.